The van der Waals surface area contributed by atoms with Gasteiger partial charge in [0.1, 0.15) is 6.04 Å². The van der Waals surface area contributed by atoms with Crippen LogP contribution in [0.5, 0.6) is 0 Å². The number of amides is 2. The van der Waals surface area contributed by atoms with E-state index in [2.05, 4.69) is 26.7 Å². The van der Waals surface area contributed by atoms with Gasteiger partial charge in [-0.3, -0.25) is 14.6 Å². The van der Waals surface area contributed by atoms with Crippen LogP contribution in [0.25, 0.3) is 17.3 Å². The number of fused-ring (bicyclic) bond motifs is 1. The smallest absolute Gasteiger partial charge is 0.247 e. The van der Waals surface area contributed by atoms with E-state index < -0.39 is 6.04 Å². The number of rotatable bonds is 9. The second-order valence-electron chi connectivity index (χ2n) is 10.5. The van der Waals surface area contributed by atoms with Crippen molar-refractivity contribution < 1.29 is 9.59 Å². The van der Waals surface area contributed by atoms with E-state index in [0.29, 0.717) is 25.2 Å². The third-order valence-electron chi connectivity index (χ3n) is 7.70. The Morgan fingerprint density at radius 1 is 0.884 bits per heavy atom. The van der Waals surface area contributed by atoms with Crippen molar-refractivity contribution in [3.63, 3.8) is 0 Å². The van der Waals surface area contributed by atoms with Gasteiger partial charge in [-0.15, -0.1) is 5.10 Å². The molecule has 214 valence electrons. The highest BCUT2D eigenvalue weighted by molar-refractivity contribution is 7.03. The molecule has 8 heteroatoms. The van der Waals surface area contributed by atoms with Crippen molar-refractivity contribution in [2.75, 3.05) is 6.54 Å². The van der Waals surface area contributed by atoms with E-state index in [4.69, 9.17) is 0 Å². The summed E-state index contributed by atoms with van der Waals surface area (Å²) in [6.45, 7) is 1.42. The molecule has 43 heavy (non-hydrogen) atoms. The van der Waals surface area contributed by atoms with Crippen LogP contribution in [0.4, 0.5) is 0 Å². The van der Waals surface area contributed by atoms with Crippen LogP contribution in [0.2, 0.25) is 0 Å². The van der Waals surface area contributed by atoms with Crippen LogP contribution in [0.15, 0.2) is 115 Å². The van der Waals surface area contributed by atoms with Crippen LogP contribution in [0.3, 0.4) is 0 Å². The maximum atomic E-state index is 14.4. The molecule has 0 N–H and O–H groups in total. The molecular weight excluding hydrogens is 554 g/mol. The summed E-state index contributed by atoms with van der Waals surface area (Å²) in [6.07, 6.45) is 6.12. The first kappa shape index (κ1) is 28.2. The first-order valence-electron chi connectivity index (χ1n) is 14.3. The average molecular weight is 586 g/mol. The van der Waals surface area contributed by atoms with Crippen LogP contribution >= 0.6 is 11.5 Å². The van der Waals surface area contributed by atoms with Crippen molar-refractivity contribution in [2.24, 2.45) is 0 Å². The summed E-state index contributed by atoms with van der Waals surface area (Å²) in [7, 11) is 0. The molecule has 3 heterocycles. The van der Waals surface area contributed by atoms with Gasteiger partial charge in [-0.05, 0) is 58.4 Å². The molecular formula is C35H31N5O2S. The molecule has 0 spiro atoms. The quantitative estimate of drug-likeness (QED) is 0.203. The highest BCUT2D eigenvalue weighted by Crippen LogP contribution is 2.24. The number of nitrogens with zero attached hydrogens (tertiary/aromatic N) is 5. The summed E-state index contributed by atoms with van der Waals surface area (Å²) in [5.74, 6) is -0.311. The zero-order valence-electron chi connectivity index (χ0n) is 23.6. The molecule has 0 unspecified atom stereocenters. The molecule has 3 aromatic carbocycles. The fraction of sp³-hybridized carbons (Fsp3) is 0.171. The molecule has 0 aliphatic carbocycles. The predicted molar refractivity (Wildman–Crippen MR) is 169 cm³/mol. The van der Waals surface area contributed by atoms with Gasteiger partial charge < -0.3 is 9.80 Å². The van der Waals surface area contributed by atoms with Crippen molar-refractivity contribution in [3.8, 4) is 11.3 Å². The number of carbonyl (C=O) groups excluding carboxylic acids is 2. The Hall–Kier alpha value is -4.95. The van der Waals surface area contributed by atoms with Gasteiger partial charge in [0.25, 0.3) is 0 Å². The van der Waals surface area contributed by atoms with Crippen molar-refractivity contribution >= 4 is 29.4 Å². The van der Waals surface area contributed by atoms with Gasteiger partial charge in [-0.25, -0.2) is 0 Å². The van der Waals surface area contributed by atoms with Gasteiger partial charge in [-0.2, -0.15) is 0 Å². The van der Waals surface area contributed by atoms with E-state index in [9.17, 15) is 9.59 Å². The lowest BCUT2D eigenvalue weighted by Gasteiger charge is -2.36. The number of hydrogen-bond acceptors (Lipinski definition) is 6. The third-order valence-corrected chi connectivity index (χ3v) is 8.22. The lowest BCUT2D eigenvalue weighted by molar-refractivity contribution is -0.144. The van der Waals surface area contributed by atoms with Gasteiger partial charge in [0, 0.05) is 49.3 Å². The van der Waals surface area contributed by atoms with Gasteiger partial charge in [0.2, 0.25) is 11.8 Å². The minimum atomic E-state index is -0.700. The summed E-state index contributed by atoms with van der Waals surface area (Å²) in [4.78, 5) is 36.4. The summed E-state index contributed by atoms with van der Waals surface area (Å²) in [5.41, 5.74) is 6.81. The lowest BCUT2D eigenvalue weighted by Crippen LogP contribution is -2.52. The van der Waals surface area contributed by atoms with Crippen LogP contribution in [-0.2, 0) is 35.5 Å². The van der Waals surface area contributed by atoms with Crippen molar-refractivity contribution in [1.82, 2.24) is 24.4 Å². The highest BCUT2D eigenvalue weighted by atomic mass is 32.1. The summed E-state index contributed by atoms with van der Waals surface area (Å²) in [5, 5.41) is 5.82. The average Bonchev–Trinajstić information content (AvgIpc) is 3.60. The number of carbonyl (C=O) groups is 2. The fourth-order valence-electron chi connectivity index (χ4n) is 5.41. The van der Waals surface area contributed by atoms with Gasteiger partial charge in [0.05, 0.1) is 11.4 Å². The van der Waals surface area contributed by atoms with Gasteiger partial charge in [-0.1, -0.05) is 89.4 Å². The number of hydrogen-bond donors (Lipinski definition) is 0. The topological polar surface area (TPSA) is 79.3 Å². The molecule has 0 saturated carbocycles. The molecule has 5 aromatic rings. The van der Waals surface area contributed by atoms with Gasteiger partial charge >= 0.3 is 0 Å². The van der Waals surface area contributed by atoms with Crippen molar-refractivity contribution in [1.29, 1.82) is 0 Å². The molecule has 0 radical (unpaired) electrons. The first-order valence-corrected chi connectivity index (χ1v) is 15.1. The number of pyridine rings is 1. The normalized spacial score (nSPS) is 13.4. The summed E-state index contributed by atoms with van der Waals surface area (Å²) >= 11 is 1.22. The lowest BCUT2D eigenvalue weighted by atomic mass is 9.97. The second kappa shape index (κ2) is 13.4. The minimum absolute atomic E-state index is 0.0551. The zero-order valence-corrected chi connectivity index (χ0v) is 24.4. The first-order chi connectivity index (χ1) is 21.1. The van der Waals surface area contributed by atoms with E-state index >= 15 is 0 Å². The Morgan fingerprint density at radius 3 is 2.40 bits per heavy atom. The van der Waals surface area contributed by atoms with Crippen molar-refractivity contribution in [3.05, 3.63) is 143 Å². The molecule has 6 rings (SSSR count). The monoisotopic (exact) mass is 585 g/mol. The third kappa shape index (κ3) is 6.93. The molecule has 1 atom stereocenters. The molecule has 2 aromatic heterocycles. The maximum Gasteiger partial charge on any atom is 0.247 e. The molecule has 2 amide bonds. The van der Waals surface area contributed by atoms with E-state index in [0.717, 1.165) is 34.4 Å². The Morgan fingerprint density at radius 2 is 1.65 bits per heavy atom. The van der Waals surface area contributed by atoms with Crippen LogP contribution in [-0.4, -0.2) is 48.8 Å². The van der Waals surface area contributed by atoms with E-state index in [-0.39, 0.29) is 18.4 Å². The standard InChI is InChI=1S/C35H31N5O2S/c41-34(18-17-31-25-43-38-37-31)40(23-27-13-15-29(16-14-27)32-12-6-7-20-36-32)33(22-26-8-2-1-3-9-26)35(42)39-21-19-28-10-4-5-11-30(28)24-39/h1-18,20,25,33H,19,21-24H2/b18-17+/t33-/m0/s1. The number of aromatic nitrogens is 3. The Kier molecular flexibility index (Phi) is 8.75. The Balaban J connectivity index is 1.33. The highest BCUT2D eigenvalue weighted by Gasteiger charge is 2.34. The van der Waals surface area contributed by atoms with Crippen molar-refractivity contribution in [2.45, 2.75) is 32.0 Å². The predicted octanol–water partition coefficient (Wildman–Crippen LogP) is 5.84. The van der Waals surface area contributed by atoms with Crippen LogP contribution < -0.4 is 0 Å². The fourth-order valence-corrected chi connectivity index (χ4v) is 5.83. The summed E-state index contributed by atoms with van der Waals surface area (Å²) < 4.78 is 3.89. The molecule has 0 bridgehead atoms. The molecule has 1 aliphatic heterocycles. The van der Waals surface area contributed by atoms with Crippen LogP contribution in [0, 0.1) is 0 Å². The largest absolute Gasteiger partial charge is 0.336 e. The maximum absolute atomic E-state index is 14.4. The Bertz CT molecular complexity index is 1690. The van der Waals surface area contributed by atoms with E-state index in [1.165, 1.54) is 23.2 Å². The number of benzene rings is 3. The Labute approximate surface area is 255 Å². The minimum Gasteiger partial charge on any atom is -0.336 e. The van der Waals surface area contributed by atoms with E-state index in [1.54, 1.807) is 22.6 Å². The van der Waals surface area contributed by atoms with Crippen LogP contribution in [0.1, 0.15) is 27.9 Å². The molecule has 7 nitrogen and oxygen atoms in total. The van der Waals surface area contributed by atoms with E-state index in [1.807, 2.05) is 89.8 Å². The second-order valence-corrected chi connectivity index (χ2v) is 11.1. The molecule has 1 aliphatic rings. The zero-order chi connectivity index (χ0) is 29.4. The summed E-state index contributed by atoms with van der Waals surface area (Å²) in [6, 6.07) is 31.3. The SMILES string of the molecule is O=C([C@H](Cc1ccccc1)N(Cc1ccc(-c2ccccn2)cc1)C(=O)/C=C/c1csnn1)N1CCc2ccccc2C1. The molecule has 0 fully saturated rings. The molecule has 0 saturated heterocycles. The van der Waals surface area contributed by atoms with Gasteiger partial charge in [0.15, 0.2) is 0 Å².